The van der Waals surface area contributed by atoms with E-state index in [0.29, 0.717) is 11.5 Å². The Kier molecular flexibility index (Phi) is 2.82. The molecule has 0 aliphatic carbocycles. The summed E-state index contributed by atoms with van der Waals surface area (Å²) in [7, 11) is 0. The number of aromatic nitrogens is 3. The molecule has 2 aromatic rings. The molecule has 0 saturated heterocycles. The van der Waals surface area contributed by atoms with Gasteiger partial charge in [-0.1, -0.05) is 0 Å². The number of pyridine rings is 1. The predicted octanol–water partition coefficient (Wildman–Crippen LogP) is 0.323. The van der Waals surface area contributed by atoms with Crippen LogP contribution in [0.3, 0.4) is 0 Å². The SMILES string of the molecule is NC(=O)Nc1ccc(-c2ccc(=O)[nH]n2)cn1. The summed E-state index contributed by atoms with van der Waals surface area (Å²) in [4.78, 5) is 25.4. The molecule has 0 spiro atoms. The zero-order valence-electron chi connectivity index (χ0n) is 8.68. The van der Waals surface area contributed by atoms with E-state index in [1.54, 1.807) is 18.2 Å². The molecule has 0 atom stereocenters. The minimum absolute atomic E-state index is 0.270. The van der Waals surface area contributed by atoms with E-state index in [-0.39, 0.29) is 5.56 Å². The van der Waals surface area contributed by atoms with Crippen LogP contribution in [0.1, 0.15) is 0 Å². The second-order valence-electron chi connectivity index (χ2n) is 3.23. The number of anilines is 1. The van der Waals surface area contributed by atoms with Crippen LogP contribution in [0.2, 0.25) is 0 Å². The fraction of sp³-hybridized carbons (Fsp3) is 0. The van der Waals surface area contributed by atoms with Crippen LogP contribution in [0.4, 0.5) is 10.6 Å². The highest BCUT2D eigenvalue weighted by Crippen LogP contribution is 2.15. The molecule has 2 heterocycles. The number of amides is 2. The Morgan fingerprint density at radius 3 is 2.65 bits per heavy atom. The summed E-state index contributed by atoms with van der Waals surface area (Å²) in [6.45, 7) is 0. The molecule has 7 heteroatoms. The lowest BCUT2D eigenvalue weighted by atomic mass is 10.2. The van der Waals surface area contributed by atoms with Gasteiger partial charge in [0, 0.05) is 17.8 Å². The zero-order chi connectivity index (χ0) is 12.3. The smallest absolute Gasteiger partial charge is 0.317 e. The topological polar surface area (TPSA) is 114 Å². The van der Waals surface area contributed by atoms with Gasteiger partial charge >= 0.3 is 6.03 Å². The zero-order valence-corrected chi connectivity index (χ0v) is 8.68. The molecule has 0 bridgehead atoms. The van der Waals surface area contributed by atoms with Gasteiger partial charge in [-0.15, -0.1) is 0 Å². The number of carbonyl (C=O) groups is 1. The van der Waals surface area contributed by atoms with Crippen LogP contribution in [-0.2, 0) is 0 Å². The molecule has 2 rings (SSSR count). The first-order valence-corrected chi connectivity index (χ1v) is 4.74. The summed E-state index contributed by atoms with van der Waals surface area (Å²) in [6.07, 6.45) is 1.52. The van der Waals surface area contributed by atoms with E-state index in [9.17, 15) is 9.59 Å². The van der Waals surface area contributed by atoms with Gasteiger partial charge < -0.3 is 5.73 Å². The largest absolute Gasteiger partial charge is 0.351 e. The van der Waals surface area contributed by atoms with Crippen LogP contribution in [0, 0.1) is 0 Å². The molecule has 0 fully saturated rings. The molecule has 0 radical (unpaired) electrons. The Hall–Kier alpha value is -2.70. The summed E-state index contributed by atoms with van der Waals surface area (Å²) < 4.78 is 0. The van der Waals surface area contributed by atoms with Gasteiger partial charge in [0.2, 0.25) is 0 Å². The maximum atomic E-state index is 10.8. The first-order chi connectivity index (χ1) is 8.15. The summed E-state index contributed by atoms with van der Waals surface area (Å²) in [5.41, 5.74) is 5.98. The van der Waals surface area contributed by atoms with Crippen molar-refractivity contribution < 1.29 is 4.79 Å². The van der Waals surface area contributed by atoms with E-state index in [1.807, 2.05) is 0 Å². The van der Waals surface area contributed by atoms with Crippen molar-refractivity contribution >= 4 is 11.8 Å². The molecular formula is C10H9N5O2. The van der Waals surface area contributed by atoms with E-state index in [2.05, 4.69) is 20.5 Å². The van der Waals surface area contributed by atoms with Gasteiger partial charge in [0.25, 0.3) is 5.56 Å². The number of nitrogens with one attached hydrogen (secondary N) is 2. The summed E-state index contributed by atoms with van der Waals surface area (Å²) in [6, 6.07) is 5.58. The van der Waals surface area contributed by atoms with Crippen molar-refractivity contribution in [2.24, 2.45) is 5.73 Å². The Labute approximate surface area is 95.7 Å². The van der Waals surface area contributed by atoms with Crippen LogP contribution >= 0.6 is 0 Å². The quantitative estimate of drug-likeness (QED) is 0.690. The van der Waals surface area contributed by atoms with Crippen molar-refractivity contribution in [2.75, 3.05) is 5.32 Å². The molecular weight excluding hydrogens is 222 g/mol. The maximum Gasteiger partial charge on any atom is 0.317 e. The van der Waals surface area contributed by atoms with E-state index >= 15 is 0 Å². The molecule has 0 aliphatic heterocycles. The highest BCUT2D eigenvalue weighted by Gasteiger charge is 2.01. The molecule has 2 amide bonds. The van der Waals surface area contributed by atoms with Gasteiger partial charge in [0.15, 0.2) is 0 Å². The van der Waals surface area contributed by atoms with Crippen LogP contribution in [0.15, 0.2) is 35.3 Å². The van der Waals surface area contributed by atoms with Crippen LogP contribution in [0.25, 0.3) is 11.3 Å². The number of hydrogen-bond acceptors (Lipinski definition) is 4. The van der Waals surface area contributed by atoms with Gasteiger partial charge in [0.05, 0.1) is 5.69 Å². The number of primary amides is 1. The monoisotopic (exact) mass is 231 g/mol. The fourth-order valence-corrected chi connectivity index (χ4v) is 1.25. The maximum absolute atomic E-state index is 10.8. The standard InChI is InChI=1S/C10H9N5O2/c11-10(17)13-8-3-1-6(5-12-8)7-2-4-9(16)15-14-7/h1-5H,(H,15,16)(H3,11,12,13,17). The Morgan fingerprint density at radius 2 is 2.12 bits per heavy atom. The molecule has 0 saturated carbocycles. The third kappa shape index (κ3) is 2.65. The summed E-state index contributed by atoms with van der Waals surface area (Å²) in [5, 5.41) is 8.51. The minimum atomic E-state index is -0.674. The molecule has 7 nitrogen and oxygen atoms in total. The molecule has 4 N–H and O–H groups in total. The van der Waals surface area contributed by atoms with Gasteiger partial charge in [-0.25, -0.2) is 14.9 Å². The number of nitrogens with two attached hydrogens (primary N) is 1. The molecule has 0 aliphatic rings. The molecule has 17 heavy (non-hydrogen) atoms. The number of aromatic amines is 1. The third-order valence-electron chi connectivity index (χ3n) is 1.99. The average molecular weight is 231 g/mol. The van der Waals surface area contributed by atoms with E-state index in [4.69, 9.17) is 5.73 Å². The van der Waals surface area contributed by atoms with Crippen molar-refractivity contribution in [1.29, 1.82) is 0 Å². The summed E-state index contributed by atoms with van der Waals surface area (Å²) >= 11 is 0. The molecule has 86 valence electrons. The van der Waals surface area contributed by atoms with Crippen molar-refractivity contribution in [3.05, 3.63) is 40.8 Å². The van der Waals surface area contributed by atoms with Crippen molar-refractivity contribution in [3.63, 3.8) is 0 Å². The lowest BCUT2D eigenvalue weighted by Crippen LogP contribution is -2.19. The number of nitrogens with zero attached hydrogens (tertiary/aromatic N) is 2. The number of urea groups is 1. The lowest BCUT2D eigenvalue weighted by molar-refractivity contribution is 0.259. The Balaban J connectivity index is 2.26. The van der Waals surface area contributed by atoms with Gasteiger partial charge in [-0.3, -0.25) is 10.1 Å². The van der Waals surface area contributed by atoms with E-state index in [0.717, 1.165) is 5.56 Å². The average Bonchev–Trinajstić information content (AvgIpc) is 2.30. The number of hydrogen-bond donors (Lipinski definition) is 3. The molecule has 2 aromatic heterocycles. The highest BCUT2D eigenvalue weighted by atomic mass is 16.2. The number of rotatable bonds is 2. The molecule has 0 aromatic carbocycles. The molecule has 0 unspecified atom stereocenters. The lowest BCUT2D eigenvalue weighted by Gasteiger charge is -2.02. The van der Waals surface area contributed by atoms with Crippen LogP contribution in [0.5, 0.6) is 0 Å². The summed E-state index contributed by atoms with van der Waals surface area (Å²) in [5.74, 6) is 0.352. The minimum Gasteiger partial charge on any atom is -0.351 e. The van der Waals surface area contributed by atoms with Gasteiger partial charge in [0.1, 0.15) is 5.82 Å². The van der Waals surface area contributed by atoms with Crippen molar-refractivity contribution in [1.82, 2.24) is 15.2 Å². The van der Waals surface area contributed by atoms with E-state index in [1.165, 1.54) is 12.3 Å². The van der Waals surface area contributed by atoms with Crippen molar-refractivity contribution in [2.45, 2.75) is 0 Å². The van der Waals surface area contributed by atoms with E-state index < -0.39 is 6.03 Å². The second-order valence-corrected chi connectivity index (χ2v) is 3.23. The first kappa shape index (κ1) is 10.8. The Morgan fingerprint density at radius 1 is 1.29 bits per heavy atom. The second kappa shape index (κ2) is 4.44. The van der Waals surface area contributed by atoms with Gasteiger partial charge in [-0.2, -0.15) is 5.10 Å². The Bertz CT molecular complexity index is 570. The van der Waals surface area contributed by atoms with Crippen molar-refractivity contribution in [3.8, 4) is 11.3 Å². The highest BCUT2D eigenvalue weighted by molar-refractivity contribution is 5.86. The number of carbonyl (C=O) groups excluding carboxylic acids is 1. The van der Waals surface area contributed by atoms with Crippen LogP contribution in [-0.4, -0.2) is 21.2 Å². The van der Waals surface area contributed by atoms with Gasteiger partial charge in [-0.05, 0) is 18.2 Å². The fourth-order valence-electron chi connectivity index (χ4n) is 1.25. The number of H-pyrrole nitrogens is 1. The van der Waals surface area contributed by atoms with Crippen LogP contribution < -0.4 is 16.6 Å². The predicted molar refractivity (Wildman–Crippen MR) is 61.3 cm³/mol. The third-order valence-corrected chi connectivity index (χ3v) is 1.99. The normalized spacial score (nSPS) is 9.88. The first-order valence-electron chi connectivity index (χ1n) is 4.74.